The van der Waals surface area contributed by atoms with Crippen LogP contribution in [0.4, 0.5) is 10.5 Å². The fraction of sp³-hybridized carbons (Fsp3) is 0.0833. The van der Waals surface area contributed by atoms with Crippen LogP contribution in [0.5, 0.6) is 5.75 Å². The van der Waals surface area contributed by atoms with Crippen molar-refractivity contribution in [1.29, 1.82) is 0 Å². The van der Waals surface area contributed by atoms with Crippen LogP contribution in [0.2, 0.25) is 0 Å². The Bertz CT molecular complexity index is 1180. The Morgan fingerprint density at radius 3 is 2.25 bits per heavy atom. The fourth-order valence-electron chi connectivity index (χ4n) is 3.09. The number of carbonyl (C=O) groups excluding carboxylic acids is 2. The molecule has 1 fully saturated rings. The summed E-state index contributed by atoms with van der Waals surface area (Å²) in [6, 6.07) is 22.7. The molecule has 3 aromatic rings. The number of carbonyl (C=O) groups is 2. The maximum absolute atomic E-state index is 12.7. The van der Waals surface area contributed by atoms with E-state index >= 15 is 0 Å². The van der Waals surface area contributed by atoms with Gasteiger partial charge in [-0.25, -0.2) is 0 Å². The zero-order chi connectivity index (χ0) is 22.5. The Kier molecular flexibility index (Phi) is 6.32. The van der Waals surface area contributed by atoms with Crippen LogP contribution in [0.15, 0.2) is 83.8 Å². The number of imide groups is 1. The van der Waals surface area contributed by atoms with Crippen LogP contribution >= 0.6 is 11.8 Å². The predicted octanol–water partition coefficient (Wildman–Crippen LogP) is 5.41. The van der Waals surface area contributed by atoms with Crippen LogP contribution in [-0.4, -0.2) is 21.0 Å². The molecule has 32 heavy (non-hydrogen) atoms. The molecule has 1 heterocycles. The molecule has 0 aliphatic carbocycles. The lowest BCUT2D eigenvalue weighted by Crippen LogP contribution is -2.27. The molecule has 2 amide bonds. The van der Waals surface area contributed by atoms with Crippen molar-refractivity contribution in [2.45, 2.75) is 13.2 Å². The summed E-state index contributed by atoms with van der Waals surface area (Å²) in [6.07, 6.45) is 1.69. The molecule has 7 nitrogen and oxygen atoms in total. The number of nitro groups is 1. The molecule has 1 aliphatic rings. The number of amides is 2. The molecule has 160 valence electrons. The molecule has 0 atom stereocenters. The highest BCUT2D eigenvalue weighted by molar-refractivity contribution is 8.18. The monoisotopic (exact) mass is 446 g/mol. The number of nitro benzene ring substituents is 1. The Hall–Kier alpha value is -3.91. The largest absolute Gasteiger partial charge is 0.489 e. The lowest BCUT2D eigenvalue weighted by Gasteiger charge is -2.12. The van der Waals surface area contributed by atoms with Gasteiger partial charge >= 0.3 is 0 Å². The highest BCUT2D eigenvalue weighted by atomic mass is 32.2. The Balaban J connectivity index is 1.38. The molecule has 0 spiro atoms. The van der Waals surface area contributed by atoms with Gasteiger partial charge in [0.2, 0.25) is 0 Å². The van der Waals surface area contributed by atoms with E-state index in [0.29, 0.717) is 10.7 Å². The maximum atomic E-state index is 12.7. The van der Waals surface area contributed by atoms with E-state index in [1.165, 1.54) is 17.0 Å². The van der Waals surface area contributed by atoms with Crippen molar-refractivity contribution in [3.63, 3.8) is 0 Å². The smallest absolute Gasteiger partial charge is 0.293 e. The Labute approximate surface area is 188 Å². The summed E-state index contributed by atoms with van der Waals surface area (Å²) in [6.45, 7) is 0.522. The van der Waals surface area contributed by atoms with E-state index < -0.39 is 4.92 Å². The number of non-ortho nitro benzene ring substituents is 1. The number of hydrogen-bond donors (Lipinski definition) is 0. The van der Waals surface area contributed by atoms with Crippen LogP contribution in [-0.2, 0) is 17.9 Å². The number of rotatable bonds is 7. The summed E-state index contributed by atoms with van der Waals surface area (Å²) >= 11 is 0.930. The average Bonchev–Trinajstić information content (AvgIpc) is 3.07. The minimum Gasteiger partial charge on any atom is -0.489 e. The summed E-state index contributed by atoms with van der Waals surface area (Å²) in [5.41, 5.74) is 2.52. The average molecular weight is 446 g/mol. The van der Waals surface area contributed by atoms with Gasteiger partial charge in [-0.15, -0.1) is 0 Å². The molecule has 0 bridgehead atoms. The van der Waals surface area contributed by atoms with Crippen LogP contribution in [0.25, 0.3) is 6.08 Å². The van der Waals surface area contributed by atoms with E-state index in [0.717, 1.165) is 28.5 Å². The van der Waals surface area contributed by atoms with Gasteiger partial charge in [0.25, 0.3) is 16.8 Å². The van der Waals surface area contributed by atoms with Crippen LogP contribution in [0, 0.1) is 10.1 Å². The van der Waals surface area contributed by atoms with Crippen molar-refractivity contribution >= 4 is 34.7 Å². The van der Waals surface area contributed by atoms with E-state index in [-0.39, 0.29) is 30.0 Å². The molecule has 0 aromatic heterocycles. The van der Waals surface area contributed by atoms with Gasteiger partial charge in [0.05, 0.1) is 16.4 Å². The highest BCUT2D eigenvalue weighted by Gasteiger charge is 2.34. The number of ether oxygens (including phenoxy) is 1. The first-order chi connectivity index (χ1) is 15.5. The zero-order valence-corrected chi connectivity index (χ0v) is 17.7. The molecule has 4 rings (SSSR count). The fourth-order valence-corrected chi connectivity index (χ4v) is 3.93. The third kappa shape index (κ3) is 5.04. The molecule has 0 radical (unpaired) electrons. The highest BCUT2D eigenvalue weighted by Crippen LogP contribution is 2.33. The number of benzene rings is 3. The second kappa shape index (κ2) is 9.49. The number of thioether (sulfide) groups is 1. The normalized spacial score (nSPS) is 14.8. The number of nitrogens with zero attached hydrogens (tertiary/aromatic N) is 2. The standard InChI is InChI=1S/C24H18N2O5S/c27-23-22(32-24(28)25(23)15-18-4-2-1-3-5-18)14-17-8-12-21(13-9-17)31-16-19-6-10-20(11-7-19)26(29)30/h1-14H,15-16H2/b22-14+. The van der Waals surface area contributed by atoms with Crippen LogP contribution < -0.4 is 4.74 Å². The third-order valence-electron chi connectivity index (χ3n) is 4.79. The second-order valence-electron chi connectivity index (χ2n) is 7.03. The molecular weight excluding hydrogens is 428 g/mol. The Morgan fingerprint density at radius 2 is 1.59 bits per heavy atom. The van der Waals surface area contributed by atoms with Crippen LogP contribution in [0.1, 0.15) is 16.7 Å². The van der Waals surface area contributed by atoms with Crippen molar-refractivity contribution in [2.75, 3.05) is 0 Å². The number of hydrogen-bond acceptors (Lipinski definition) is 6. The first-order valence-corrected chi connectivity index (χ1v) is 10.6. The molecule has 3 aromatic carbocycles. The zero-order valence-electron chi connectivity index (χ0n) is 16.8. The first kappa shape index (κ1) is 21.3. The van der Waals surface area contributed by atoms with Gasteiger partial charge in [0.15, 0.2) is 0 Å². The van der Waals surface area contributed by atoms with Crippen LogP contribution in [0.3, 0.4) is 0 Å². The van der Waals surface area contributed by atoms with Gasteiger partial charge in [0.1, 0.15) is 12.4 Å². The van der Waals surface area contributed by atoms with E-state index in [1.54, 1.807) is 42.5 Å². The quantitative estimate of drug-likeness (QED) is 0.274. The maximum Gasteiger partial charge on any atom is 0.293 e. The summed E-state index contributed by atoms with van der Waals surface area (Å²) in [5.74, 6) is 0.319. The summed E-state index contributed by atoms with van der Waals surface area (Å²) in [4.78, 5) is 36.8. The van der Waals surface area contributed by atoms with E-state index in [9.17, 15) is 19.7 Å². The van der Waals surface area contributed by atoms with Gasteiger partial charge in [0, 0.05) is 12.1 Å². The lowest BCUT2D eigenvalue weighted by atomic mass is 10.2. The molecule has 1 saturated heterocycles. The molecular formula is C24H18N2O5S. The van der Waals surface area contributed by atoms with Gasteiger partial charge in [-0.1, -0.05) is 42.5 Å². The predicted molar refractivity (Wildman–Crippen MR) is 122 cm³/mol. The Morgan fingerprint density at radius 1 is 0.906 bits per heavy atom. The topological polar surface area (TPSA) is 89.7 Å². The van der Waals surface area contributed by atoms with Crippen molar-refractivity contribution in [2.24, 2.45) is 0 Å². The van der Waals surface area contributed by atoms with E-state index in [1.807, 2.05) is 30.3 Å². The summed E-state index contributed by atoms with van der Waals surface area (Å²) < 4.78 is 5.71. The minimum absolute atomic E-state index is 0.0336. The van der Waals surface area contributed by atoms with Crippen molar-refractivity contribution in [3.05, 3.63) is 111 Å². The molecule has 0 saturated carbocycles. The summed E-state index contributed by atoms with van der Waals surface area (Å²) in [7, 11) is 0. The van der Waals surface area contributed by atoms with Gasteiger partial charge in [-0.2, -0.15) is 0 Å². The third-order valence-corrected chi connectivity index (χ3v) is 5.70. The minimum atomic E-state index is -0.445. The molecule has 8 heteroatoms. The molecule has 0 N–H and O–H groups in total. The van der Waals surface area contributed by atoms with Gasteiger partial charge in [-0.05, 0) is 58.8 Å². The van der Waals surface area contributed by atoms with Crippen molar-refractivity contribution < 1.29 is 19.2 Å². The van der Waals surface area contributed by atoms with E-state index in [4.69, 9.17) is 4.74 Å². The van der Waals surface area contributed by atoms with Crippen molar-refractivity contribution in [3.8, 4) is 5.75 Å². The lowest BCUT2D eigenvalue weighted by molar-refractivity contribution is -0.384. The summed E-state index contributed by atoms with van der Waals surface area (Å²) in [5, 5.41) is 10.4. The molecule has 1 aliphatic heterocycles. The van der Waals surface area contributed by atoms with Gasteiger partial charge in [-0.3, -0.25) is 24.6 Å². The SMILES string of the molecule is O=C1S/C(=C/c2ccc(OCc3ccc([N+](=O)[O-])cc3)cc2)C(=O)N1Cc1ccccc1. The van der Waals surface area contributed by atoms with E-state index in [2.05, 4.69) is 0 Å². The first-order valence-electron chi connectivity index (χ1n) is 9.75. The molecule has 0 unspecified atom stereocenters. The van der Waals surface area contributed by atoms with Crippen molar-refractivity contribution in [1.82, 2.24) is 4.90 Å². The second-order valence-corrected chi connectivity index (χ2v) is 8.03. The van der Waals surface area contributed by atoms with Gasteiger partial charge < -0.3 is 4.74 Å².